The van der Waals surface area contributed by atoms with Crippen molar-refractivity contribution >= 4 is 17.0 Å². The minimum absolute atomic E-state index is 0.758. The molecule has 1 aliphatic rings. The Morgan fingerprint density at radius 3 is 2.76 bits per heavy atom. The number of aromatic amines is 1. The molecule has 0 amide bonds. The fourth-order valence-electron chi connectivity index (χ4n) is 2.82. The number of nitrogens with one attached hydrogen (secondary N) is 1. The van der Waals surface area contributed by atoms with Crippen molar-refractivity contribution < 1.29 is 0 Å². The van der Waals surface area contributed by atoms with Crippen molar-refractivity contribution in [3.05, 3.63) is 18.6 Å². The van der Waals surface area contributed by atoms with E-state index in [1.807, 2.05) is 7.05 Å². The van der Waals surface area contributed by atoms with Gasteiger partial charge in [0.05, 0.1) is 11.6 Å². The Balaban J connectivity index is 1.90. The Labute approximate surface area is 122 Å². The molecule has 4 rings (SSSR count). The molecule has 0 unspecified atom stereocenters. The summed E-state index contributed by atoms with van der Waals surface area (Å²) in [6.45, 7) is 2.03. The van der Waals surface area contributed by atoms with Crippen LogP contribution < -0.4 is 4.90 Å². The molecule has 7 heteroatoms. The maximum Gasteiger partial charge on any atom is 0.228 e. The van der Waals surface area contributed by atoms with Gasteiger partial charge in [0.2, 0.25) is 5.95 Å². The first-order chi connectivity index (χ1) is 10.3. The monoisotopic (exact) mass is 283 g/mol. The van der Waals surface area contributed by atoms with Gasteiger partial charge >= 0.3 is 0 Å². The molecule has 1 N–H and O–H groups in total. The van der Waals surface area contributed by atoms with E-state index in [4.69, 9.17) is 9.97 Å². The molecule has 7 nitrogen and oxygen atoms in total. The average molecular weight is 283 g/mol. The van der Waals surface area contributed by atoms with Crippen LogP contribution in [-0.2, 0) is 7.05 Å². The predicted molar refractivity (Wildman–Crippen MR) is 79.9 cm³/mol. The third kappa shape index (κ3) is 2.05. The lowest BCUT2D eigenvalue weighted by Gasteiger charge is -2.26. The maximum absolute atomic E-state index is 4.75. The van der Waals surface area contributed by atoms with Gasteiger partial charge in [-0.2, -0.15) is 10.1 Å². The number of hydrogen-bond donors (Lipinski definition) is 1. The van der Waals surface area contributed by atoms with Gasteiger partial charge in [-0.15, -0.1) is 0 Å². The minimum Gasteiger partial charge on any atom is -0.343 e. The maximum atomic E-state index is 4.75. The number of anilines is 1. The summed E-state index contributed by atoms with van der Waals surface area (Å²) in [5.74, 6) is 1.53. The van der Waals surface area contributed by atoms with Gasteiger partial charge in [0.15, 0.2) is 11.5 Å². The summed E-state index contributed by atoms with van der Waals surface area (Å²) in [5.41, 5.74) is 1.66. The van der Waals surface area contributed by atoms with E-state index < -0.39 is 0 Å². The third-order valence-electron chi connectivity index (χ3n) is 3.94. The van der Waals surface area contributed by atoms with E-state index in [1.54, 1.807) is 23.3 Å². The van der Waals surface area contributed by atoms with E-state index in [-0.39, 0.29) is 0 Å². The fraction of sp³-hybridized carbons (Fsp3) is 0.429. The molecule has 0 radical (unpaired) electrons. The van der Waals surface area contributed by atoms with E-state index >= 15 is 0 Å². The highest BCUT2D eigenvalue weighted by Gasteiger charge is 2.19. The first-order valence-electron chi connectivity index (χ1n) is 7.27. The summed E-state index contributed by atoms with van der Waals surface area (Å²) < 4.78 is 1.79. The van der Waals surface area contributed by atoms with Crippen LogP contribution in [0.15, 0.2) is 18.6 Å². The smallest absolute Gasteiger partial charge is 0.228 e. The van der Waals surface area contributed by atoms with E-state index in [2.05, 4.69) is 20.0 Å². The fourth-order valence-corrected chi connectivity index (χ4v) is 2.82. The van der Waals surface area contributed by atoms with Crippen molar-refractivity contribution in [1.82, 2.24) is 29.7 Å². The van der Waals surface area contributed by atoms with Gasteiger partial charge in [0.1, 0.15) is 5.69 Å². The molecular formula is C14H17N7. The highest BCUT2D eigenvalue weighted by molar-refractivity contribution is 5.89. The Morgan fingerprint density at radius 1 is 1.14 bits per heavy atom. The molecule has 1 saturated heterocycles. The van der Waals surface area contributed by atoms with Gasteiger partial charge in [-0.25, -0.2) is 9.97 Å². The topological polar surface area (TPSA) is 75.5 Å². The number of aryl methyl sites for hydroxylation is 1. The second-order valence-corrected chi connectivity index (χ2v) is 5.36. The Bertz CT molecular complexity index is 753. The van der Waals surface area contributed by atoms with Crippen LogP contribution in [0.5, 0.6) is 0 Å². The van der Waals surface area contributed by atoms with Crippen LogP contribution in [0.4, 0.5) is 5.95 Å². The summed E-state index contributed by atoms with van der Waals surface area (Å²) in [6.07, 6.45) is 9.02. The molecule has 0 aliphatic carbocycles. The predicted octanol–water partition coefficient (Wildman–Crippen LogP) is 1.74. The van der Waals surface area contributed by atoms with Gasteiger partial charge in [-0.1, -0.05) is 0 Å². The molecule has 3 aromatic heterocycles. The lowest BCUT2D eigenvalue weighted by Crippen LogP contribution is -2.31. The van der Waals surface area contributed by atoms with Crippen LogP contribution >= 0.6 is 0 Å². The first-order valence-corrected chi connectivity index (χ1v) is 7.27. The zero-order valence-electron chi connectivity index (χ0n) is 12.0. The second kappa shape index (κ2) is 4.83. The van der Waals surface area contributed by atoms with Crippen LogP contribution in [0, 0.1) is 0 Å². The van der Waals surface area contributed by atoms with Crippen molar-refractivity contribution in [3.8, 4) is 11.5 Å². The highest BCUT2D eigenvalue weighted by Crippen LogP contribution is 2.26. The molecule has 3 aromatic rings. The lowest BCUT2D eigenvalue weighted by atomic mass is 10.1. The Morgan fingerprint density at radius 2 is 2.00 bits per heavy atom. The molecule has 0 atom stereocenters. The number of H-pyrrole nitrogens is 1. The molecule has 108 valence electrons. The van der Waals surface area contributed by atoms with Gasteiger partial charge in [0, 0.05) is 32.5 Å². The van der Waals surface area contributed by atoms with E-state index in [0.29, 0.717) is 0 Å². The third-order valence-corrected chi connectivity index (χ3v) is 3.94. The highest BCUT2D eigenvalue weighted by atomic mass is 15.3. The van der Waals surface area contributed by atoms with Crippen molar-refractivity contribution in [3.63, 3.8) is 0 Å². The van der Waals surface area contributed by atoms with Crippen LogP contribution in [-0.4, -0.2) is 42.8 Å². The summed E-state index contributed by atoms with van der Waals surface area (Å²) in [7, 11) is 1.90. The first kappa shape index (κ1) is 12.3. The summed E-state index contributed by atoms with van der Waals surface area (Å²) in [5, 5.41) is 5.23. The number of aromatic nitrogens is 6. The molecule has 0 bridgehead atoms. The molecule has 4 heterocycles. The van der Waals surface area contributed by atoms with Crippen molar-refractivity contribution in [1.29, 1.82) is 0 Å². The summed E-state index contributed by atoms with van der Waals surface area (Å²) in [4.78, 5) is 19.2. The number of rotatable bonds is 2. The average Bonchev–Trinajstić information content (AvgIpc) is 3.18. The molecule has 1 aliphatic heterocycles. The number of nitrogens with zero attached hydrogens (tertiary/aromatic N) is 6. The van der Waals surface area contributed by atoms with Crippen LogP contribution in [0.1, 0.15) is 19.3 Å². The van der Waals surface area contributed by atoms with Gasteiger partial charge in [0.25, 0.3) is 0 Å². The summed E-state index contributed by atoms with van der Waals surface area (Å²) >= 11 is 0. The van der Waals surface area contributed by atoms with Crippen LogP contribution in [0.25, 0.3) is 22.6 Å². The van der Waals surface area contributed by atoms with Crippen molar-refractivity contribution in [2.24, 2.45) is 7.05 Å². The Hall–Kier alpha value is -2.44. The molecule has 0 aromatic carbocycles. The SMILES string of the molecule is Cn1ncc2c(-c3ncc[nH]3)nc(N3CCCCC3)nc21. The lowest BCUT2D eigenvalue weighted by molar-refractivity contribution is 0.568. The molecule has 0 spiro atoms. The Kier molecular flexibility index (Phi) is 2.83. The number of imidazole rings is 1. The van der Waals surface area contributed by atoms with Gasteiger partial charge in [-0.05, 0) is 19.3 Å². The van der Waals surface area contributed by atoms with E-state index in [9.17, 15) is 0 Å². The quantitative estimate of drug-likeness (QED) is 0.775. The van der Waals surface area contributed by atoms with Gasteiger partial charge < -0.3 is 9.88 Å². The van der Waals surface area contributed by atoms with Crippen LogP contribution in [0.2, 0.25) is 0 Å². The minimum atomic E-state index is 0.758. The number of fused-ring (bicyclic) bond motifs is 1. The van der Waals surface area contributed by atoms with Crippen molar-refractivity contribution in [2.75, 3.05) is 18.0 Å². The van der Waals surface area contributed by atoms with Crippen molar-refractivity contribution in [2.45, 2.75) is 19.3 Å². The second-order valence-electron chi connectivity index (χ2n) is 5.36. The van der Waals surface area contributed by atoms with Crippen LogP contribution in [0.3, 0.4) is 0 Å². The number of hydrogen-bond acceptors (Lipinski definition) is 5. The van der Waals surface area contributed by atoms with Gasteiger partial charge in [-0.3, -0.25) is 4.68 Å². The molecular weight excluding hydrogens is 266 g/mol. The zero-order chi connectivity index (χ0) is 14.2. The molecule has 0 saturated carbocycles. The standard InChI is InChI=1S/C14H17N7/c1-20-13-10(9-17-20)11(12-15-5-6-16-12)18-14(19-13)21-7-3-2-4-8-21/h5-6,9H,2-4,7-8H2,1H3,(H,15,16). The van der Waals surface area contributed by atoms with E-state index in [0.717, 1.165) is 41.6 Å². The summed E-state index contributed by atoms with van der Waals surface area (Å²) in [6, 6.07) is 0. The normalized spacial score (nSPS) is 15.8. The van der Waals surface area contributed by atoms with E-state index in [1.165, 1.54) is 19.3 Å². The molecule has 21 heavy (non-hydrogen) atoms. The molecule has 1 fully saturated rings. The number of piperidine rings is 1. The largest absolute Gasteiger partial charge is 0.343 e. The zero-order valence-corrected chi connectivity index (χ0v) is 12.0.